The molecule has 74 valence electrons. The Morgan fingerprint density at radius 3 is 2.69 bits per heavy atom. The van der Waals surface area contributed by atoms with Gasteiger partial charge in [0.15, 0.2) is 0 Å². The van der Waals surface area contributed by atoms with Crippen molar-refractivity contribution in [3.05, 3.63) is 10.0 Å². The highest BCUT2D eigenvalue weighted by atomic mass is 32.1. The van der Waals surface area contributed by atoms with Crippen molar-refractivity contribution in [1.29, 1.82) is 0 Å². The molecule has 0 fully saturated rings. The van der Waals surface area contributed by atoms with Crippen molar-refractivity contribution < 1.29 is 0 Å². The van der Waals surface area contributed by atoms with Gasteiger partial charge in [-0.05, 0) is 12.5 Å². The summed E-state index contributed by atoms with van der Waals surface area (Å²) in [4.78, 5) is 0. The molecule has 1 aromatic heterocycles. The summed E-state index contributed by atoms with van der Waals surface area (Å²) in [6, 6.07) is 0. The first-order valence-corrected chi connectivity index (χ1v) is 5.59. The molecule has 0 aliphatic heterocycles. The highest BCUT2D eigenvalue weighted by molar-refractivity contribution is 7.11. The fraction of sp³-hybridized carbons (Fsp3) is 0.778. The van der Waals surface area contributed by atoms with Crippen LogP contribution < -0.4 is 5.73 Å². The van der Waals surface area contributed by atoms with E-state index in [1.807, 2.05) is 0 Å². The standard InChI is InChI=1S/C9H17N3S/c1-3-7(2)6-9-12-11-8(13-9)4-5-10/h7H,3-6,10H2,1-2H3. The molecule has 0 bridgehead atoms. The molecule has 1 atom stereocenters. The van der Waals surface area contributed by atoms with Crippen LogP contribution in [0.4, 0.5) is 0 Å². The summed E-state index contributed by atoms with van der Waals surface area (Å²) in [5, 5.41) is 10.4. The van der Waals surface area contributed by atoms with Crippen molar-refractivity contribution in [2.75, 3.05) is 6.54 Å². The topological polar surface area (TPSA) is 51.8 Å². The van der Waals surface area contributed by atoms with E-state index in [-0.39, 0.29) is 0 Å². The Balaban J connectivity index is 2.48. The summed E-state index contributed by atoms with van der Waals surface area (Å²) in [5.41, 5.74) is 5.44. The van der Waals surface area contributed by atoms with Crippen LogP contribution in [0, 0.1) is 5.92 Å². The Morgan fingerprint density at radius 2 is 2.08 bits per heavy atom. The molecule has 1 rings (SSSR count). The molecule has 0 saturated heterocycles. The molecule has 0 aromatic carbocycles. The molecule has 0 amide bonds. The zero-order valence-electron chi connectivity index (χ0n) is 8.29. The largest absolute Gasteiger partial charge is 0.330 e. The van der Waals surface area contributed by atoms with Crippen LogP contribution in [-0.2, 0) is 12.8 Å². The van der Waals surface area contributed by atoms with E-state index in [0.29, 0.717) is 12.5 Å². The minimum atomic E-state index is 0.665. The van der Waals surface area contributed by atoms with Crippen molar-refractivity contribution in [3.8, 4) is 0 Å². The lowest BCUT2D eigenvalue weighted by Gasteiger charge is -2.02. The first-order chi connectivity index (χ1) is 6.26. The van der Waals surface area contributed by atoms with E-state index < -0.39 is 0 Å². The van der Waals surface area contributed by atoms with Crippen LogP contribution in [0.15, 0.2) is 0 Å². The Labute approximate surface area is 83.4 Å². The average Bonchev–Trinajstić information content (AvgIpc) is 2.53. The molecule has 0 aliphatic rings. The molecule has 1 unspecified atom stereocenters. The second-order valence-electron chi connectivity index (χ2n) is 3.35. The average molecular weight is 199 g/mol. The number of aromatic nitrogens is 2. The Morgan fingerprint density at radius 1 is 1.38 bits per heavy atom. The zero-order chi connectivity index (χ0) is 9.68. The third-order valence-corrected chi connectivity index (χ3v) is 3.09. The van der Waals surface area contributed by atoms with E-state index in [4.69, 9.17) is 5.73 Å². The van der Waals surface area contributed by atoms with Gasteiger partial charge in [-0.15, -0.1) is 21.5 Å². The van der Waals surface area contributed by atoms with Crippen molar-refractivity contribution >= 4 is 11.3 Å². The second-order valence-corrected chi connectivity index (χ2v) is 4.49. The van der Waals surface area contributed by atoms with Gasteiger partial charge in [-0.2, -0.15) is 0 Å². The number of hydrogen-bond acceptors (Lipinski definition) is 4. The number of rotatable bonds is 5. The van der Waals surface area contributed by atoms with Crippen LogP contribution in [-0.4, -0.2) is 16.7 Å². The molecule has 2 N–H and O–H groups in total. The van der Waals surface area contributed by atoms with Crippen LogP contribution in [0.3, 0.4) is 0 Å². The van der Waals surface area contributed by atoms with Crippen LogP contribution >= 0.6 is 11.3 Å². The lowest BCUT2D eigenvalue weighted by molar-refractivity contribution is 0.556. The Hall–Kier alpha value is -0.480. The summed E-state index contributed by atoms with van der Waals surface area (Å²) in [6.07, 6.45) is 3.11. The molecule has 13 heavy (non-hydrogen) atoms. The van der Waals surface area contributed by atoms with Crippen molar-refractivity contribution in [2.24, 2.45) is 11.7 Å². The van der Waals surface area contributed by atoms with Gasteiger partial charge in [0, 0.05) is 12.8 Å². The van der Waals surface area contributed by atoms with E-state index in [1.165, 1.54) is 6.42 Å². The fourth-order valence-corrected chi connectivity index (χ4v) is 2.06. The van der Waals surface area contributed by atoms with Gasteiger partial charge in [-0.1, -0.05) is 20.3 Å². The van der Waals surface area contributed by atoms with Gasteiger partial charge in [0.2, 0.25) is 0 Å². The van der Waals surface area contributed by atoms with Gasteiger partial charge in [-0.25, -0.2) is 0 Å². The van der Waals surface area contributed by atoms with Gasteiger partial charge >= 0.3 is 0 Å². The van der Waals surface area contributed by atoms with Gasteiger partial charge < -0.3 is 5.73 Å². The lowest BCUT2D eigenvalue weighted by atomic mass is 10.1. The predicted octanol–water partition coefficient (Wildman–Crippen LogP) is 1.63. The van der Waals surface area contributed by atoms with Gasteiger partial charge in [0.25, 0.3) is 0 Å². The quantitative estimate of drug-likeness (QED) is 0.784. The van der Waals surface area contributed by atoms with Crippen molar-refractivity contribution in [2.45, 2.75) is 33.1 Å². The molecule has 3 nitrogen and oxygen atoms in total. The van der Waals surface area contributed by atoms with Crippen molar-refractivity contribution in [3.63, 3.8) is 0 Å². The maximum atomic E-state index is 5.44. The SMILES string of the molecule is CCC(C)Cc1nnc(CCN)s1. The molecular formula is C9H17N3S. The highest BCUT2D eigenvalue weighted by Gasteiger charge is 2.06. The number of nitrogens with zero attached hydrogens (tertiary/aromatic N) is 2. The molecule has 1 heterocycles. The van der Waals surface area contributed by atoms with Gasteiger partial charge in [-0.3, -0.25) is 0 Å². The van der Waals surface area contributed by atoms with Crippen LogP contribution in [0.25, 0.3) is 0 Å². The van der Waals surface area contributed by atoms with Gasteiger partial charge in [0.1, 0.15) is 10.0 Å². The smallest absolute Gasteiger partial charge is 0.118 e. The third-order valence-electron chi connectivity index (χ3n) is 2.09. The minimum absolute atomic E-state index is 0.665. The molecule has 0 aliphatic carbocycles. The summed E-state index contributed by atoms with van der Waals surface area (Å²) < 4.78 is 0. The van der Waals surface area contributed by atoms with Crippen molar-refractivity contribution in [1.82, 2.24) is 10.2 Å². The van der Waals surface area contributed by atoms with Crippen LogP contribution in [0.2, 0.25) is 0 Å². The molecule has 0 spiro atoms. The maximum Gasteiger partial charge on any atom is 0.118 e. The monoisotopic (exact) mass is 199 g/mol. The third kappa shape index (κ3) is 3.40. The van der Waals surface area contributed by atoms with E-state index in [0.717, 1.165) is 22.9 Å². The maximum absolute atomic E-state index is 5.44. The Bertz CT molecular complexity index is 247. The normalized spacial score (nSPS) is 13.2. The van der Waals surface area contributed by atoms with E-state index in [1.54, 1.807) is 11.3 Å². The summed E-state index contributed by atoms with van der Waals surface area (Å²) in [6.45, 7) is 5.11. The first kappa shape index (κ1) is 10.6. The molecule has 0 saturated carbocycles. The predicted molar refractivity (Wildman–Crippen MR) is 55.8 cm³/mol. The Kier molecular flexibility index (Phi) is 4.32. The summed E-state index contributed by atoms with van der Waals surface area (Å²) in [7, 11) is 0. The molecular weight excluding hydrogens is 182 g/mol. The van der Waals surface area contributed by atoms with E-state index >= 15 is 0 Å². The van der Waals surface area contributed by atoms with E-state index in [2.05, 4.69) is 24.0 Å². The van der Waals surface area contributed by atoms with Gasteiger partial charge in [0.05, 0.1) is 0 Å². The minimum Gasteiger partial charge on any atom is -0.330 e. The van der Waals surface area contributed by atoms with Crippen LogP contribution in [0.5, 0.6) is 0 Å². The molecule has 0 radical (unpaired) electrons. The number of nitrogens with two attached hydrogens (primary N) is 1. The fourth-order valence-electron chi connectivity index (χ4n) is 1.04. The number of hydrogen-bond donors (Lipinski definition) is 1. The molecule has 4 heteroatoms. The second kappa shape index (κ2) is 5.29. The van der Waals surface area contributed by atoms with E-state index in [9.17, 15) is 0 Å². The zero-order valence-corrected chi connectivity index (χ0v) is 9.10. The summed E-state index contributed by atoms with van der Waals surface area (Å²) in [5.74, 6) is 0.707. The highest BCUT2D eigenvalue weighted by Crippen LogP contribution is 2.15. The first-order valence-electron chi connectivity index (χ1n) is 4.77. The lowest BCUT2D eigenvalue weighted by Crippen LogP contribution is -2.01. The van der Waals surface area contributed by atoms with Crippen LogP contribution in [0.1, 0.15) is 30.3 Å². The summed E-state index contributed by atoms with van der Waals surface area (Å²) >= 11 is 1.70. The molecule has 1 aromatic rings.